The van der Waals surface area contributed by atoms with Gasteiger partial charge in [-0.2, -0.15) is 0 Å². The van der Waals surface area contributed by atoms with E-state index in [4.69, 9.17) is 18.9 Å². The van der Waals surface area contributed by atoms with Crippen LogP contribution in [0.2, 0.25) is 0 Å². The van der Waals surface area contributed by atoms with Gasteiger partial charge in [-0.05, 0) is 57.3 Å². The first-order valence-corrected chi connectivity index (χ1v) is 14.2. The summed E-state index contributed by atoms with van der Waals surface area (Å²) in [5, 5.41) is 0. The summed E-state index contributed by atoms with van der Waals surface area (Å²) in [4.78, 5) is 11.4. The maximum atomic E-state index is 15.5. The van der Waals surface area contributed by atoms with Gasteiger partial charge in [0.05, 0.1) is 19.3 Å². The normalized spacial score (nSPS) is 33.8. The van der Waals surface area contributed by atoms with Crippen molar-refractivity contribution in [3.8, 4) is 0 Å². The van der Waals surface area contributed by atoms with E-state index in [1.54, 1.807) is 0 Å². The van der Waals surface area contributed by atoms with E-state index in [0.29, 0.717) is 12.8 Å². The zero-order valence-electron chi connectivity index (χ0n) is 20.3. The van der Waals surface area contributed by atoms with E-state index >= 15 is 4.39 Å². The molecule has 3 unspecified atom stereocenters. The zero-order valence-corrected chi connectivity index (χ0v) is 22.4. The minimum absolute atomic E-state index is 0.00124. The minimum atomic E-state index is -0.965. The van der Waals surface area contributed by atoms with Crippen molar-refractivity contribution in [2.75, 3.05) is 13.7 Å². The largest absolute Gasteiger partial charge is 0.469 e. The maximum absolute atomic E-state index is 15.5. The molecule has 0 aromatic carbocycles. The Balaban J connectivity index is 1.54. The Bertz CT molecular complexity index is 611. The van der Waals surface area contributed by atoms with Crippen LogP contribution in [0.5, 0.6) is 0 Å². The second-order valence-corrected chi connectivity index (χ2v) is 11.3. The third-order valence-corrected chi connectivity index (χ3v) is 8.63. The molecule has 33 heavy (non-hydrogen) atoms. The quantitative estimate of drug-likeness (QED) is 0.0840. The standard InChI is InChI=1S/C26H42FIO5/c1-3-4-5-9-19(32-23-12-6-7-17-31-23)15-13-18-14-16-21-24(18)25(27)26(33-21)20(28)10-8-11-22(29)30-2/h13,15,18-21,23-26H,3-12,14,16-17H2,1-2H3/b15-13+/t18-,19-,20?,21+,23?,24+,25?,26-/m0/s1. The Morgan fingerprint density at radius 2 is 2.03 bits per heavy atom. The molecule has 5 nitrogen and oxygen atoms in total. The van der Waals surface area contributed by atoms with Crippen molar-refractivity contribution in [2.24, 2.45) is 11.8 Å². The summed E-state index contributed by atoms with van der Waals surface area (Å²) in [6, 6.07) is 0. The lowest BCUT2D eigenvalue weighted by Gasteiger charge is -2.27. The molecular weight excluding hydrogens is 538 g/mol. The fourth-order valence-electron chi connectivity index (χ4n) is 5.42. The molecule has 3 rings (SSSR count). The van der Waals surface area contributed by atoms with Crippen molar-refractivity contribution < 1.29 is 28.1 Å². The monoisotopic (exact) mass is 580 g/mol. The van der Waals surface area contributed by atoms with Crippen LogP contribution in [0, 0.1) is 11.8 Å². The van der Waals surface area contributed by atoms with Crippen molar-refractivity contribution >= 4 is 28.6 Å². The molecule has 0 spiro atoms. The highest BCUT2D eigenvalue weighted by Crippen LogP contribution is 2.47. The van der Waals surface area contributed by atoms with Gasteiger partial charge in [0.15, 0.2) is 6.29 Å². The van der Waals surface area contributed by atoms with Gasteiger partial charge in [0.25, 0.3) is 0 Å². The molecule has 2 heterocycles. The molecule has 3 aliphatic rings. The number of alkyl halides is 2. The van der Waals surface area contributed by atoms with Crippen molar-refractivity contribution in [3.63, 3.8) is 0 Å². The van der Waals surface area contributed by atoms with E-state index in [9.17, 15) is 4.79 Å². The summed E-state index contributed by atoms with van der Waals surface area (Å²) in [5.74, 6) is -0.0938. The highest BCUT2D eigenvalue weighted by Gasteiger charge is 2.52. The number of carbonyl (C=O) groups is 1. The molecule has 2 aliphatic heterocycles. The van der Waals surface area contributed by atoms with Gasteiger partial charge in [0, 0.05) is 22.9 Å². The molecule has 3 fully saturated rings. The Morgan fingerprint density at radius 3 is 2.76 bits per heavy atom. The van der Waals surface area contributed by atoms with Crippen LogP contribution in [0.4, 0.5) is 4.39 Å². The van der Waals surface area contributed by atoms with Crippen LogP contribution in [0.15, 0.2) is 12.2 Å². The predicted octanol–water partition coefficient (Wildman–Crippen LogP) is 6.31. The van der Waals surface area contributed by atoms with Gasteiger partial charge in [-0.25, -0.2) is 4.39 Å². The third-order valence-electron chi connectivity index (χ3n) is 7.30. The Kier molecular flexibility index (Phi) is 11.9. The summed E-state index contributed by atoms with van der Waals surface area (Å²) in [6.07, 6.45) is 14.4. The van der Waals surface area contributed by atoms with Gasteiger partial charge >= 0.3 is 5.97 Å². The molecule has 8 atom stereocenters. The lowest BCUT2D eigenvalue weighted by atomic mass is 9.88. The van der Waals surface area contributed by atoms with Crippen LogP contribution in [-0.2, 0) is 23.7 Å². The zero-order chi connectivity index (χ0) is 23.6. The summed E-state index contributed by atoms with van der Waals surface area (Å²) >= 11 is 2.30. The molecule has 0 radical (unpaired) electrons. The van der Waals surface area contributed by atoms with E-state index in [2.05, 4.69) is 41.7 Å². The first-order valence-electron chi connectivity index (χ1n) is 13.0. The summed E-state index contributed by atoms with van der Waals surface area (Å²) < 4.78 is 38.6. The van der Waals surface area contributed by atoms with Crippen LogP contribution in [0.25, 0.3) is 0 Å². The van der Waals surface area contributed by atoms with Gasteiger partial charge in [0.1, 0.15) is 12.3 Å². The molecule has 1 aliphatic carbocycles. The van der Waals surface area contributed by atoms with Crippen LogP contribution in [-0.4, -0.2) is 54.4 Å². The fourth-order valence-corrected chi connectivity index (χ4v) is 6.42. The topological polar surface area (TPSA) is 54.0 Å². The highest BCUT2D eigenvalue weighted by atomic mass is 127. The van der Waals surface area contributed by atoms with Gasteiger partial charge in [0.2, 0.25) is 0 Å². The molecule has 0 amide bonds. The number of hydrogen-bond donors (Lipinski definition) is 0. The molecular formula is C26H42FIO5. The van der Waals surface area contributed by atoms with Crippen molar-refractivity contribution in [1.82, 2.24) is 0 Å². The van der Waals surface area contributed by atoms with E-state index in [1.807, 2.05) is 0 Å². The first-order chi connectivity index (χ1) is 16.0. The molecule has 0 aromatic rings. The number of carbonyl (C=O) groups excluding carboxylic acids is 1. The maximum Gasteiger partial charge on any atom is 0.305 e. The van der Waals surface area contributed by atoms with Gasteiger partial charge in [-0.1, -0.05) is 60.9 Å². The average Bonchev–Trinajstić information content (AvgIpc) is 3.38. The van der Waals surface area contributed by atoms with Crippen LogP contribution in [0.3, 0.4) is 0 Å². The number of halogens is 2. The van der Waals surface area contributed by atoms with E-state index in [1.165, 1.54) is 20.0 Å². The van der Waals surface area contributed by atoms with Crippen molar-refractivity contribution in [3.05, 3.63) is 12.2 Å². The number of fused-ring (bicyclic) bond motifs is 1. The molecule has 0 N–H and O–H groups in total. The van der Waals surface area contributed by atoms with Crippen molar-refractivity contribution in [2.45, 2.75) is 119 Å². The lowest BCUT2D eigenvalue weighted by Crippen LogP contribution is -2.32. The van der Waals surface area contributed by atoms with Gasteiger partial charge in [-0.15, -0.1) is 0 Å². The highest BCUT2D eigenvalue weighted by molar-refractivity contribution is 14.1. The molecule has 2 saturated heterocycles. The molecule has 0 aromatic heterocycles. The van der Waals surface area contributed by atoms with Gasteiger partial charge < -0.3 is 18.9 Å². The number of hydrogen-bond acceptors (Lipinski definition) is 5. The lowest BCUT2D eigenvalue weighted by molar-refractivity contribution is -0.179. The fraction of sp³-hybridized carbons (Fsp3) is 0.885. The van der Waals surface area contributed by atoms with Crippen LogP contribution >= 0.6 is 22.6 Å². The number of allylic oxidation sites excluding steroid dienone is 1. The van der Waals surface area contributed by atoms with Crippen LogP contribution in [0.1, 0.15) is 84.0 Å². The second kappa shape index (κ2) is 14.3. The third kappa shape index (κ3) is 8.14. The Hall–Kier alpha value is -0.250. The number of methoxy groups -OCH3 is 1. The number of unbranched alkanes of at least 4 members (excludes halogenated alkanes) is 2. The van der Waals surface area contributed by atoms with Crippen molar-refractivity contribution in [1.29, 1.82) is 0 Å². The molecule has 190 valence electrons. The van der Waals surface area contributed by atoms with E-state index < -0.39 is 6.17 Å². The number of rotatable bonds is 13. The molecule has 1 saturated carbocycles. The average molecular weight is 581 g/mol. The summed E-state index contributed by atoms with van der Waals surface area (Å²) in [7, 11) is 1.40. The molecule has 7 heteroatoms. The van der Waals surface area contributed by atoms with Crippen LogP contribution < -0.4 is 0 Å². The summed E-state index contributed by atoms with van der Waals surface area (Å²) in [6.45, 7) is 2.99. The van der Waals surface area contributed by atoms with E-state index in [0.717, 1.165) is 58.0 Å². The smallest absolute Gasteiger partial charge is 0.305 e. The summed E-state index contributed by atoms with van der Waals surface area (Å²) in [5.41, 5.74) is 0. The Labute approximate surface area is 212 Å². The Morgan fingerprint density at radius 1 is 1.18 bits per heavy atom. The minimum Gasteiger partial charge on any atom is -0.469 e. The molecule has 0 bridgehead atoms. The van der Waals surface area contributed by atoms with Gasteiger partial charge in [-0.3, -0.25) is 4.79 Å². The number of ether oxygens (including phenoxy) is 4. The van der Waals surface area contributed by atoms with E-state index in [-0.39, 0.29) is 46.3 Å². The first kappa shape index (κ1) is 27.3. The SMILES string of the molecule is CCCCC[C@@H](/C=C/[C@H]1CC[C@H]2O[C@@H](C(I)CCCC(=O)OC)C(F)[C@H]12)OC1CCCCO1. The predicted molar refractivity (Wildman–Crippen MR) is 135 cm³/mol. The second-order valence-electron chi connectivity index (χ2n) is 9.74. The number of esters is 1.